The van der Waals surface area contributed by atoms with Crippen LogP contribution in [-0.4, -0.2) is 18.0 Å². The maximum atomic E-state index is 11.6. The van der Waals surface area contributed by atoms with Crippen LogP contribution in [0.2, 0.25) is 0 Å². The first-order valence-corrected chi connectivity index (χ1v) is 7.38. The van der Waals surface area contributed by atoms with E-state index < -0.39 is 0 Å². The molecule has 0 aliphatic carbocycles. The lowest BCUT2D eigenvalue weighted by molar-refractivity contribution is -0.116. The number of aromatic nitrogens is 1. The third-order valence-corrected chi connectivity index (χ3v) is 3.17. The Morgan fingerprint density at radius 1 is 1.14 bits per heavy atom. The highest BCUT2D eigenvalue weighted by Gasteiger charge is 2.02. The number of carbonyl (C=O) groups is 1. The molecule has 0 spiro atoms. The smallest absolute Gasteiger partial charge is 0.224 e. The molecule has 2 aromatic rings. The lowest BCUT2D eigenvalue weighted by Gasteiger charge is -2.08. The van der Waals surface area contributed by atoms with E-state index in [-0.39, 0.29) is 5.91 Å². The Morgan fingerprint density at radius 3 is 2.45 bits per heavy atom. The van der Waals surface area contributed by atoms with Crippen LogP contribution in [-0.2, 0) is 4.79 Å². The number of benzene rings is 1. The van der Waals surface area contributed by atoms with E-state index in [4.69, 9.17) is 4.74 Å². The molecule has 1 aromatic heterocycles. The Kier molecular flexibility index (Phi) is 5.77. The fourth-order valence-corrected chi connectivity index (χ4v) is 1.92. The molecule has 0 bridgehead atoms. The van der Waals surface area contributed by atoms with Gasteiger partial charge in [0.25, 0.3) is 0 Å². The summed E-state index contributed by atoms with van der Waals surface area (Å²) in [5.74, 6) is 1.56. The third-order valence-electron chi connectivity index (χ3n) is 3.17. The average Bonchev–Trinajstić information content (AvgIpc) is 2.55. The summed E-state index contributed by atoms with van der Waals surface area (Å²) in [6, 6.07) is 11.3. The molecule has 0 radical (unpaired) electrons. The molecule has 1 heterocycles. The molecule has 5 heteroatoms. The number of nitrogens with one attached hydrogen (secondary N) is 2. The van der Waals surface area contributed by atoms with Gasteiger partial charge < -0.3 is 15.4 Å². The molecule has 0 saturated carbocycles. The summed E-state index contributed by atoms with van der Waals surface area (Å²) < 4.78 is 5.12. The first-order chi connectivity index (χ1) is 10.7. The van der Waals surface area contributed by atoms with Gasteiger partial charge in [0.1, 0.15) is 11.6 Å². The van der Waals surface area contributed by atoms with Gasteiger partial charge in [-0.25, -0.2) is 4.98 Å². The van der Waals surface area contributed by atoms with E-state index in [1.54, 1.807) is 13.3 Å². The Labute approximate surface area is 130 Å². The predicted octanol–water partition coefficient (Wildman–Crippen LogP) is 3.96. The first-order valence-electron chi connectivity index (χ1n) is 7.38. The van der Waals surface area contributed by atoms with Crippen molar-refractivity contribution in [2.75, 3.05) is 17.7 Å². The van der Waals surface area contributed by atoms with Crippen LogP contribution in [0.25, 0.3) is 0 Å². The summed E-state index contributed by atoms with van der Waals surface area (Å²) in [5, 5.41) is 6.03. The van der Waals surface area contributed by atoms with Crippen LogP contribution in [0, 0.1) is 0 Å². The van der Waals surface area contributed by atoms with Gasteiger partial charge in [-0.2, -0.15) is 0 Å². The van der Waals surface area contributed by atoms with Crippen molar-refractivity contribution in [1.82, 2.24) is 4.98 Å². The molecule has 0 atom stereocenters. The third kappa shape index (κ3) is 4.77. The van der Waals surface area contributed by atoms with E-state index in [1.165, 1.54) is 0 Å². The van der Waals surface area contributed by atoms with Gasteiger partial charge in [-0.3, -0.25) is 4.79 Å². The zero-order valence-corrected chi connectivity index (χ0v) is 12.9. The second kappa shape index (κ2) is 8.02. The highest BCUT2D eigenvalue weighted by molar-refractivity contribution is 5.90. The van der Waals surface area contributed by atoms with Crippen molar-refractivity contribution < 1.29 is 9.53 Å². The van der Waals surface area contributed by atoms with E-state index >= 15 is 0 Å². The number of ether oxygens (including phenoxy) is 1. The minimum atomic E-state index is 0.0273. The fourth-order valence-electron chi connectivity index (χ4n) is 1.92. The number of carbonyl (C=O) groups excluding carboxylic acids is 1. The number of hydrogen-bond donors (Lipinski definition) is 2. The van der Waals surface area contributed by atoms with Gasteiger partial charge in [0.15, 0.2) is 0 Å². The number of anilines is 3. The van der Waals surface area contributed by atoms with Crippen LogP contribution < -0.4 is 15.4 Å². The monoisotopic (exact) mass is 299 g/mol. The van der Waals surface area contributed by atoms with Gasteiger partial charge in [-0.05, 0) is 42.8 Å². The predicted molar refractivity (Wildman–Crippen MR) is 88.7 cm³/mol. The molecule has 2 rings (SSSR count). The summed E-state index contributed by atoms with van der Waals surface area (Å²) in [7, 11) is 1.64. The molecule has 0 unspecified atom stereocenters. The molecule has 0 aliphatic rings. The standard InChI is InChI=1S/C17H21N3O2/c1-3-4-5-17(21)20-14-8-11-16(18-12-14)19-13-6-9-15(22-2)10-7-13/h6-12H,3-5H2,1-2H3,(H,18,19)(H,20,21). The molecule has 5 nitrogen and oxygen atoms in total. The Bertz CT molecular complexity index is 594. The second-order valence-corrected chi connectivity index (χ2v) is 4.94. The second-order valence-electron chi connectivity index (χ2n) is 4.94. The summed E-state index contributed by atoms with van der Waals surface area (Å²) in [6.45, 7) is 2.06. The molecular weight excluding hydrogens is 278 g/mol. The minimum absolute atomic E-state index is 0.0273. The molecule has 0 saturated heterocycles. The quantitative estimate of drug-likeness (QED) is 0.812. The number of amides is 1. The zero-order valence-electron chi connectivity index (χ0n) is 12.9. The fraction of sp³-hybridized carbons (Fsp3) is 0.294. The van der Waals surface area contributed by atoms with Gasteiger partial charge in [-0.1, -0.05) is 13.3 Å². The summed E-state index contributed by atoms with van der Waals surface area (Å²) in [4.78, 5) is 15.9. The van der Waals surface area contributed by atoms with Crippen LogP contribution in [0.3, 0.4) is 0 Å². The average molecular weight is 299 g/mol. The Balaban J connectivity index is 1.92. The minimum Gasteiger partial charge on any atom is -0.497 e. The maximum absolute atomic E-state index is 11.6. The van der Waals surface area contributed by atoms with Crippen molar-refractivity contribution in [3.8, 4) is 5.75 Å². The molecule has 116 valence electrons. The van der Waals surface area contributed by atoms with Crippen molar-refractivity contribution in [2.45, 2.75) is 26.2 Å². The molecule has 0 fully saturated rings. The van der Waals surface area contributed by atoms with Crippen molar-refractivity contribution in [3.05, 3.63) is 42.6 Å². The van der Waals surface area contributed by atoms with Crippen LogP contribution in [0.4, 0.5) is 17.2 Å². The van der Waals surface area contributed by atoms with Gasteiger partial charge >= 0.3 is 0 Å². The topological polar surface area (TPSA) is 63.2 Å². The first kappa shape index (κ1) is 15.8. The largest absolute Gasteiger partial charge is 0.497 e. The van der Waals surface area contributed by atoms with Crippen molar-refractivity contribution >= 4 is 23.1 Å². The van der Waals surface area contributed by atoms with Crippen LogP contribution in [0.5, 0.6) is 5.75 Å². The molecule has 2 N–H and O–H groups in total. The highest BCUT2D eigenvalue weighted by atomic mass is 16.5. The summed E-state index contributed by atoms with van der Waals surface area (Å²) in [6.07, 6.45) is 4.10. The van der Waals surface area contributed by atoms with E-state index in [2.05, 4.69) is 22.5 Å². The van der Waals surface area contributed by atoms with Crippen LogP contribution >= 0.6 is 0 Å². The van der Waals surface area contributed by atoms with Crippen LogP contribution in [0.15, 0.2) is 42.6 Å². The molecule has 0 aliphatic heterocycles. The number of rotatable bonds is 7. The van der Waals surface area contributed by atoms with E-state index in [1.807, 2.05) is 36.4 Å². The van der Waals surface area contributed by atoms with Gasteiger partial charge in [-0.15, -0.1) is 0 Å². The molecule has 22 heavy (non-hydrogen) atoms. The van der Waals surface area contributed by atoms with Crippen molar-refractivity contribution in [2.24, 2.45) is 0 Å². The van der Waals surface area contributed by atoms with E-state index in [0.29, 0.717) is 12.1 Å². The summed E-state index contributed by atoms with van der Waals surface area (Å²) in [5.41, 5.74) is 1.63. The van der Waals surface area contributed by atoms with Crippen molar-refractivity contribution in [1.29, 1.82) is 0 Å². The highest BCUT2D eigenvalue weighted by Crippen LogP contribution is 2.19. The van der Waals surface area contributed by atoms with Gasteiger partial charge in [0.05, 0.1) is 19.0 Å². The zero-order chi connectivity index (χ0) is 15.8. The lowest BCUT2D eigenvalue weighted by atomic mass is 10.2. The SMILES string of the molecule is CCCCC(=O)Nc1ccc(Nc2ccc(OC)cc2)nc1. The number of unbranched alkanes of at least 4 members (excludes halogenated alkanes) is 1. The lowest BCUT2D eigenvalue weighted by Crippen LogP contribution is -2.11. The number of nitrogens with zero attached hydrogens (tertiary/aromatic N) is 1. The normalized spacial score (nSPS) is 10.1. The van der Waals surface area contributed by atoms with Gasteiger partial charge in [0.2, 0.25) is 5.91 Å². The Hall–Kier alpha value is -2.56. The summed E-state index contributed by atoms with van der Waals surface area (Å²) >= 11 is 0. The van der Waals surface area contributed by atoms with Gasteiger partial charge in [0, 0.05) is 12.1 Å². The number of pyridine rings is 1. The van der Waals surface area contributed by atoms with E-state index in [0.717, 1.165) is 30.1 Å². The number of hydrogen-bond acceptors (Lipinski definition) is 4. The van der Waals surface area contributed by atoms with Crippen molar-refractivity contribution in [3.63, 3.8) is 0 Å². The molecular formula is C17H21N3O2. The molecule has 1 amide bonds. The Morgan fingerprint density at radius 2 is 1.86 bits per heavy atom. The molecule has 1 aromatic carbocycles. The number of methoxy groups -OCH3 is 1. The maximum Gasteiger partial charge on any atom is 0.224 e. The van der Waals surface area contributed by atoms with Crippen LogP contribution in [0.1, 0.15) is 26.2 Å². The van der Waals surface area contributed by atoms with E-state index in [9.17, 15) is 4.79 Å².